The van der Waals surface area contributed by atoms with Gasteiger partial charge in [-0.3, -0.25) is 9.78 Å². The number of carbonyl (C=O) groups is 1. The molecule has 1 aromatic heterocycles. The molecule has 5 nitrogen and oxygen atoms in total. The van der Waals surface area contributed by atoms with Crippen LogP contribution in [0.15, 0.2) is 60.8 Å². The van der Waals surface area contributed by atoms with Gasteiger partial charge in [-0.05, 0) is 42.8 Å². The molecular weight excluding hydrogens is 316 g/mol. The Bertz CT molecular complexity index is 882. The number of hydrogen-bond acceptors (Lipinski definition) is 4. The van der Waals surface area contributed by atoms with Crippen LogP contribution in [0.5, 0.6) is 11.5 Å². The zero-order chi connectivity index (χ0) is 17.1. The lowest BCUT2D eigenvalue weighted by atomic mass is 10.1. The number of pyridine rings is 1. The van der Waals surface area contributed by atoms with E-state index in [1.165, 1.54) is 0 Å². The molecule has 4 rings (SSSR count). The molecule has 1 aliphatic rings. The van der Waals surface area contributed by atoms with Crippen LogP contribution in [0.4, 0.5) is 5.69 Å². The zero-order valence-corrected chi connectivity index (χ0v) is 13.6. The Hall–Kier alpha value is -2.92. The van der Waals surface area contributed by atoms with Gasteiger partial charge in [0.25, 0.3) is 0 Å². The molecule has 0 radical (unpaired) electrons. The second-order valence-corrected chi connectivity index (χ2v) is 6.01. The quantitative estimate of drug-likeness (QED) is 0.783. The maximum absolute atomic E-state index is 12.1. The highest BCUT2D eigenvalue weighted by atomic mass is 16.5. The third-order valence-corrected chi connectivity index (χ3v) is 4.25. The van der Waals surface area contributed by atoms with Gasteiger partial charge in [0.1, 0.15) is 11.3 Å². The van der Waals surface area contributed by atoms with E-state index in [0.717, 1.165) is 23.0 Å². The number of carbonyl (C=O) groups excluding carboxylic acids is 1. The predicted molar refractivity (Wildman–Crippen MR) is 95.8 cm³/mol. The number of ether oxygens (including phenoxy) is 2. The van der Waals surface area contributed by atoms with Crippen LogP contribution in [-0.2, 0) is 9.53 Å². The molecule has 0 saturated carbocycles. The van der Waals surface area contributed by atoms with E-state index in [2.05, 4.69) is 10.3 Å². The molecule has 5 heteroatoms. The topological polar surface area (TPSA) is 60.5 Å². The Morgan fingerprint density at radius 2 is 1.96 bits per heavy atom. The molecule has 2 aromatic carbocycles. The van der Waals surface area contributed by atoms with Crippen LogP contribution in [-0.4, -0.2) is 24.1 Å². The molecule has 0 bridgehead atoms. The zero-order valence-electron chi connectivity index (χ0n) is 13.6. The van der Waals surface area contributed by atoms with Crippen molar-refractivity contribution < 1.29 is 14.3 Å². The van der Waals surface area contributed by atoms with E-state index in [-0.39, 0.29) is 11.8 Å². The van der Waals surface area contributed by atoms with Crippen LogP contribution >= 0.6 is 0 Å². The SMILES string of the molecule is O=C(Nc1ccc(Oc2cccc3cccnc23)cc1)C1CCOC1. The first-order valence-electron chi connectivity index (χ1n) is 8.30. The molecule has 25 heavy (non-hydrogen) atoms. The maximum Gasteiger partial charge on any atom is 0.229 e. The number of anilines is 1. The van der Waals surface area contributed by atoms with Crippen LogP contribution < -0.4 is 10.1 Å². The molecule has 3 aromatic rings. The molecule has 1 atom stereocenters. The van der Waals surface area contributed by atoms with Gasteiger partial charge in [-0.2, -0.15) is 0 Å². The summed E-state index contributed by atoms with van der Waals surface area (Å²) >= 11 is 0. The summed E-state index contributed by atoms with van der Waals surface area (Å²) in [6.07, 6.45) is 2.53. The molecular formula is C20H18N2O3. The standard InChI is InChI=1S/C20H18N2O3/c23-20(15-10-12-24-13-15)22-16-6-8-17(9-7-16)25-18-5-1-3-14-4-2-11-21-19(14)18/h1-9,11,15H,10,12-13H2,(H,22,23). The molecule has 1 saturated heterocycles. The van der Waals surface area contributed by atoms with Crippen molar-refractivity contribution in [1.82, 2.24) is 4.98 Å². The normalized spacial score (nSPS) is 16.7. The van der Waals surface area contributed by atoms with Crippen molar-refractivity contribution in [3.05, 3.63) is 60.8 Å². The summed E-state index contributed by atoms with van der Waals surface area (Å²) in [4.78, 5) is 16.5. The van der Waals surface area contributed by atoms with Gasteiger partial charge < -0.3 is 14.8 Å². The summed E-state index contributed by atoms with van der Waals surface area (Å²) in [6.45, 7) is 1.16. The molecule has 0 aliphatic carbocycles. The van der Waals surface area contributed by atoms with E-state index < -0.39 is 0 Å². The van der Waals surface area contributed by atoms with Gasteiger partial charge >= 0.3 is 0 Å². The van der Waals surface area contributed by atoms with E-state index in [1.54, 1.807) is 6.20 Å². The molecule has 1 N–H and O–H groups in total. The number of fused-ring (bicyclic) bond motifs is 1. The monoisotopic (exact) mass is 334 g/mol. The molecule has 1 unspecified atom stereocenters. The molecule has 0 spiro atoms. The van der Waals surface area contributed by atoms with Crippen LogP contribution in [0.1, 0.15) is 6.42 Å². The van der Waals surface area contributed by atoms with Gasteiger partial charge in [-0.15, -0.1) is 0 Å². The molecule has 1 fully saturated rings. The Morgan fingerprint density at radius 3 is 2.76 bits per heavy atom. The van der Waals surface area contributed by atoms with Crippen LogP contribution in [0, 0.1) is 5.92 Å². The number of hydrogen-bond donors (Lipinski definition) is 1. The number of rotatable bonds is 4. The Balaban J connectivity index is 1.47. The van der Waals surface area contributed by atoms with E-state index in [1.807, 2.05) is 54.6 Å². The van der Waals surface area contributed by atoms with Crippen molar-refractivity contribution in [2.24, 2.45) is 5.92 Å². The second kappa shape index (κ2) is 6.91. The van der Waals surface area contributed by atoms with Crippen molar-refractivity contribution in [2.45, 2.75) is 6.42 Å². The predicted octanol–water partition coefficient (Wildman–Crippen LogP) is 4.00. The van der Waals surface area contributed by atoms with E-state index >= 15 is 0 Å². The lowest BCUT2D eigenvalue weighted by Crippen LogP contribution is -2.22. The third-order valence-electron chi connectivity index (χ3n) is 4.25. The first-order valence-corrected chi connectivity index (χ1v) is 8.30. The number of para-hydroxylation sites is 1. The molecule has 1 amide bonds. The highest BCUT2D eigenvalue weighted by Crippen LogP contribution is 2.29. The number of aromatic nitrogens is 1. The highest BCUT2D eigenvalue weighted by Gasteiger charge is 2.23. The Morgan fingerprint density at radius 1 is 1.12 bits per heavy atom. The molecule has 1 aliphatic heterocycles. The maximum atomic E-state index is 12.1. The largest absolute Gasteiger partial charge is 0.455 e. The lowest BCUT2D eigenvalue weighted by Gasteiger charge is -2.11. The average molecular weight is 334 g/mol. The van der Waals surface area contributed by atoms with Crippen molar-refractivity contribution in [2.75, 3.05) is 18.5 Å². The minimum atomic E-state index is -0.0577. The van der Waals surface area contributed by atoms with Crippen LogP contribution in [0.2, 0.25) is 0 Å². The number of benzene rings is 2. The van der Waals surface area contributed by atoms with Gasteiger partial charge in [-0.1, -0.05) is 18.2 Å². The Kier molecular flexibility index (Phi) is 4.31. The van der Waals surface area contributed by atoms with Crippen molar-refractivity contribution in [1.29, 1.82) is 0 Å². The van der Waals surface area contributed by atoms with Crippen molar-refractivity contribution >= 4 is 22.5 Å². The average Bonchev–Trinajstić information content (AvgIpc) is 3.19. The Labute approximate surface area is 145 Å². The fraction of sp³-hybridized carbons (Fsp3) is 0.200. The van der Waals surface area contributed by atoms with E-state index in [4.69, 9.17) is 9.47 Å². The van der Waals surface area contributed by atoms with Crippen LogP contribution in [0.25, 0.3) is 10.9 Å². The summed E-state index contributed by atoms with van der Waals surface area (Å²) < 4.78 is 11.2. The first-order chi connectivity index (χ1) is 12.3. The summed E-state index contributed by atoms with van der Waals surface area (Å²) in [5.74, 6) is 1.35. The smallest absolute Gasteiger partial charge is 0.229 e. The van der Waals surface area contributed by atoms with Crippen LogP contribution in [0.3, 0.4) is 0 Å². The van der Waals surface area contributed by atoms with Gasteiger partial charge in [0, 0.05) is 23.9 Å². The molecule has 126 valence electrons. The lowest BCUT2D eigenvalue weighted by molar-refractivity contribution is -0.119. The van der Waals surface area contributed by atoms with E-state index in [0.29, 0.717) is 24.7 Å². The van der Waals surface area contributed by atoms with Gasteiger partial charge in [0.2, 0.25) is 5.91 Å². The number of nitrogens with zero attached hydrogens (tertiary/aromatic N) is 1. The van der Waals surface area contributed by atoms with E-state index in [9.17, 15) is 4.79 Å². The first kappa shape index (κ1) is 15.6. The van der Waals surface area contributed by atoms with Gasteiger partial charge in [0.05, 0.1) is 12.5 Å². The van der Waals surface area contributed by atoms with Crippen molar-refractivity contribution in [3.63, 3.8) is 0 Å². The second-order valence-electron chi connectivity index (χ2n) is 6.01. The van der Waals surface area contributed by atoms with Crippen molar-refractivity contribution in [3.8, 4) is 11.5 Å². The summed E-state index contributed by atoms with van der Waals surface area (Å²) in [7, 11) is 0. The van der Waals surface area contributed by atoms with Gasteiger partial charge in [-0.25, -0.2) is 0 Å². The summed E-state index contributed by atoms with van der Waals surface area (Å²) in [5, 5.41) is 3.95. The number of nitrogens with one attached hydrogen (secondary N) is 1. The summed E-state index contributed by atoms with van der Waals surface area (Å²) in [6, 6.07) is 17.1. The minimum absolute atomic E-state index is 0.00409. The fourth-order valence-electron chi connectivity index (χ4n) is 2.88. The highest BCUT2D eigenvalue weighted by molar-refractivity contribution is 5.92. The minimum Gasteiger partial charge on any atom is -0.455 e. The number of amides is 1. The fourth-order valence-corrected chi connectivity index (χ4v) is 2.88. The summed E-state index contributed by atoms with van der Waals surface area (Å²) in [5.41, 5.74) is 1.57. The third kappa shape index (κ3) is 3.46. The molecule has 2 heterocycles. The van der Waals surface area contributed by atoms with Gasteiger partial charge in [0.15, 0.2) is 5.75 Å².